The lowest BCUT2D eigenvalue weighted by Gasteiger charge is -2.31. The van der Waals surface area contributed by atoms with Gasteiger partial charge in [-0.15, -0.1) is 0 Å². The van der Waals surface area contributed by atoms with Crippen molar-refractivity contribution in [3.63, 3.8) is 0 Å². The number of rotatable bonds is 4. The van der Waals surface area contributed by atoms with Crippen LogP contribution in [0.5, 0.6) is 0 Å². The Bertz CT molecular complexity index is 608. The summed E-state index contributed by atoms with van der Waals surface area (Å²) in [6.45, 7) is 5.41. The molecule has 1 saturated heterocycles. The van der Waals surface area contributed by atoms with Crippen LogP contribution in [-0.4, -0.2) is 23.5 Å². The number of nitro groups is 1. The number of esters is 1. The lowest BCUT2D eigenvalue weighted by atomic mass is 9.93. The van der Waals surface area contributed by atoms with Crippen molar-refractivity contribution in [3.05, 3.63) is 40.3 Å². The Kier molecular flexibility index (Phi) is 3.92. The summed E-state index contributed by atoms with van der Waals surface area (Å²) in [5.41, 5.74) is 0.140. The van der Waals surface area contributed by atoms with Crippen LogP contribution in [0, 0.1) is 16.0 Å². The highest BCUT2D eigenvalue weighted by Gasteiger charge is 2.41. The SMILES string of the molecule is C=C1NC(=O)N[C@H](c2ccc([N+](=O)[O-])o2)[C@H]1C(=O)OCC. The summed E-state index contributed by atoms with van der Waals surface area (Å²) in [6.07, 6.45) is 0. The molecule has 1 aromatic heterocycles. The molecule has 112 valence electrons. The van der Waals surface area contributed by atoms with E-state index in [9.17, 15) is 19.7 Å². The largest absolute Gasteiger partial charge is 0.465 e. The summed E-state index contributed by atoms with van der Waals surface area (Å²) < 4.78 is 9.98. The quantitative estimate of drug-likeness (QED) is 0.489. The van der Waals surface area contributed by atoms with Crippen LogP contribution in [0.1, 0.15) is 18.7 Å². The van der Waals surface area contributed by atoms with Crippen molar-refractivity contribution < 1.29 is 23.7 Å². The van der Waals surface area contributed by atoms with E-state index in [4.69, 9.17) is 9.15 Å². The van der Waals surface area contributed by atoms with Gasteiger partial charge in [-0.05, 0) is 13.0 Å². The van der Waals surface area contributed by atoms with E-state index in [1.54, 1.807) is 6.92 Å². The molecular weight excluding hydrogens is 282 g/mol. The third kappa shape index (κ3) is 2.86. The number of ether oxygens (including phenoxy) is 1. The predicted molar refractivity (Wildman–Crippen MR) is 69.0 cm³/mol. The number of amides is 2. The minimum atomic E-state index is -0.937. The second-order valence-corrected chi connectivity index (χ2v) is 4.26. The average Bonchev–Trinajstić information content (AvgIpc) is 2.87. The summed E-state index contributed by atoms with van der Waals surface area (Å²) in [6, 6.07) is 0.978. The van der Waals surface area contributed by atoms with Gasteiger partial charge in [-0.1, -0.05) is 6.58 Å². The first-order valence-electron chi connectivity index (χ1n) is 6.11. The number of nitrogens with zero attached hydrogens (tertiary/aromatic N) is 1. The topological polar surface area (TPSA) is 124 Å². The number of hydrogen-bond donors (Lipinski definition) is 2. The molecule has 2 rings (SSSR count). The molecule has 0 bridgehead atoms. The summed E-state index contributed by atoms with van der Waals surface area (Å²) in [5.74, 6) is -1.95. The van der Waals surface area contributed by atoms with E-state index < -0.39 is 34.8 Å². The molecule has 0 saturated carbocycles. The van der Waals surface area contributed by atoms with Crippen molar-refractivity contribution in [2.45, 2.75) is 13.0 Å². The third-order valence-corrected chi connectivity index (χ3v) is 2.91. The molecule has 2 atom stereocenters. The Morgan fingerprint density at radius 3 is 2.86 bits per heavy atom. The first-order chi connectivity index (χ1) is 9.93. The zero-order valence-corrected chi connectivity index (χ0v) is 11.1. The molecule has 2 heterocycles. The number of nitrogens with one attached hydrogen (secondary N) is 2. The smallest absolute Gasteiger partial charge is 0.433 e. The van der Waals surface area contributed by atoms with Gasteiger partial charge < -0.3 is 19.8 Å². The highest BCUT2D eigenvalue weighted by molar-refractivity contribution is 5.85. The Hall–Kier alpha value is -2.84. The van der Waals surface area contributed by atoms with Gasteiger partial charge in [0, 0.05) is 5.70 Å². The number of hydrogen-bond acceptors (Lipinski definition) is 6. The predicted octanol–water partition coefficient (Wildman–Crippen LogP) is 1.23. The minimum absolute atomic E-state index is 0.0794. The minimum Gasteiger partial charge on any atom is -0.465 e. The maximum absolute atomic E-state index is 12.0. The van der Waals surface area contributed by atoms with Crippen molar-refractivity contribution in [2.24, 2.45) is 5.92 Å². The molecule has 0 spiro atoms. The molecule has 1 aromatic rings. The van der Waals surface area contributed by atoms with Crippen molar-refractivity contribution in [3.8, 4) is 0 Å². The molecule has 0 aliphatic carbocycles. The molecule has 0 aromatic carbocycles. The van der Waals surface area contributed by atoms with E-state index in [0.29, 0.717) is 0 Å². The maximum Gasteiger partial charge on any atom is 0.433 e. The fraction of sp³-hybridized carbons (Fsp3) is 0.333. The molecule has 21 heavy (non-hydrogen) atoms. The molecule has 1 aliphatic heterocycles. The fourth-order valence-electron chi connectivity index (χ4n) is 2.04. The maximum atomic E-state index is 12.0. The van der Waals surface area contributed by atoms with Crippen LogP contribution in [-0.2, 0) is 9.53 Å². The average molecular weight is 295 g/mol. The first kappa shape index (κ1) is 14.6. The van der Waals surface area contributed by atoms with Gasteiger partial charge in [0.2, 0.25) is 0 Å². The number of carbonyl (C=O) groups excluding carboxylic acids is 2. The van der Waals surface area contributed by atoms with E-state index in [1.165, 1.54) is 6.07 Å². The van der Waals surface area contributed by atoms with Gasteiger partial charge in [0.05, 0.1) is 12.7 Å². The Balaban J connectivity index is 2.34. The zero-order chi connectivity index (χ0) is 15.6. The molecule has 0 unspecified atom stereocenters. The highest BCUT2D eigenvalue weighted by atomic mass is 16.6. The van der Waals surface area contributed by atoms with Gasteiger partial charge in [0.15, 0.2) is 0 Å². The highest BCUT2D eigenvalue weighted by Crippen LogP contribution is 2.32. The lowest BCUT2D eigenvalue weighted by molar-refractivity contribution is -0.402. The van der Waals surface area contributed by atoms with Gasteiger partial charge in [-0.25, -0.2) is 4.79 Å². The first-order valence-corrected chi connectivity index (χ1v) is 6.11. The van der Waals surface area contributed by atoms with Crippen LogP contribution in [0.3, 0.4) is 0 Å². The van der Waals surface area contributed by atoms with E-state index in [-0.39, 0.29) is 18.1 Å². The Labute approximate surface area is 119 Å². The van der Waals surface area contributed by atoms with Crippen molar-refractivity contribution >= 4 is 17.9 Å². The molecule has 0 radical (unpaired) electrons. The lowest BCUT2D eigenvalue weighted by Crippen LogP contribution is -2.51. The standard InChI is InChI=1S/C12H13N3O6/c1-3-20-11(16)9-6(2)13-12(17)14-10(9)7-4-5-8(21-7)15(18)19/h4-5,9-10H,2-3H2,1H3,(H2,13,14,17)/t9-,10+/m0/s1. The van der Waals surface area contributed by atoms with Crippen LogP contribution in [0.15, 0.2) is 28.8 Å². The van der Waals surface area contributed by atoms with Crippen LogP contribution in [0.4, 0.5) is 10.7 Å². The van der Waals surface area contributed by atoms with Crippen molar-refractivity contribution in [2.75, 3.05) is 6.61 Å². The second-order valence-electron chi connectivity index (χ2n) is 4.26. The van der Waals surface area contributed by atoms with Crippen LogP contribution < -0.4 is 10.6 Å². The van der Waals surface area contributed by atoms with Gasteiger partial charge in [-0.3, -0.25) is 14.9 Å². The third-order valence-electron chi connectivity index (χ3n) is 2.91. The van der Waals surface area contributed by atoms with Gasteiger partial charge in [-0.2, -0.15) is 0 Å². The fourth-order valence-corrected chi connectivity index (χ4v) is 2.04. The van der Waals surface area contributed by atoms with Crippen LogP contribution >= 0.6 is 0 Å². The Morgan fingerprint density at radius 1 is 1.57 bits per heavy atom. The van der Waals surface area contributed by atoms with E-state index in [2.05, 4.69) is 17.2 Å². The molecule has 9 nitrogen and oxygen atoms in total. The van der Waals surface area contributed by atoms with Crippen LogP contribution in [0.2, 0.25) is 0 Å². The number of carbonyl (C=O) groups is 2. The second kappa shape index (κ2) is 5.65. The monoisotopic (exact) mass is 295 g/mol. The Morgan fingerprint density at radius 2 is 2.29 bits per heavy atom. The number of furan rings is 1. The van der Waals surface area contributed by atoms with Gasteiger partial charge >= 0.3 is 17.9 Å². The van der Waals surface area contributed by atoms with Crippen molar-refractivity contribution in [1.29, 1.82) is 0 Å². The molecule has 2 N–H and O–H groups in total. The number of urea groups is 1. The molecule has 1 aliphatic rings. The summed E-state index contributed by atoms with van der Waals surface area (Å²) in [4.78, 5) is 33.4. The van der Waals surface area contributed by atoms with E-state index in [0.717, 1.165) is 6.07 Å². The molecule has 2 amide bonds. The summed E-state index contributed by atoms with van der Waals surface area (Å²) >= 11 is 0. The van der Waals surface area contributed by atoms with Crippen molar-refractivity contribution in [1.82, 2.24) is 10.6 Å². The molecular formula is C12H13N3O6. The van der Waals surface area contributed by atoms with Gasteiger partial charge in [0.1, 0.15) is 22.6 Å². The summed E-state index contributed by atoms with van der Waals surface area (Å²) in [5, 5.41) is 15.5. The molecule has 1 fully saturated rings. The molecule has 9 heteroatoms. The zero-order valence-electron chi connectivity index (χ0n) is 11.1. The normalized spacial score (nSPS) is 21.4. The van der Waals surface area contributed by atoms with Gasteiger partial charge in [0.25, 0.3) is 0 Å². The van der Waals surface area contributed by atoms with Crippen LogP contribution in [0.25, 0.3) is 0 Å². The summed E-state index contributed by atoms with van der Waals surface area (Å²) in [7, 11) is 0. The van der Waals surface area contributed by atoms with E-state index >= 15 is 0 Å². The van der Waals surface area contributed by atoms with E-state index in [1.807, 2.05) is 0 Å².